The summed E-state index contributed by atoms with van der Waals surface area (Å²) in [5.74, 6) is 2.11. The number of rotatable bonds is 7. The number of nitrogens with one attached hydrogen (secondary N) is 3. The number of thioether (sulfide) groups is 1. The molecule has 1 aromatic heterocycles. The van der Waals surface area contributed by atoms with Gasteiger partial charge in [-0.25, -0.2) is 0 Å². The Kier molecular flexibility index (Phi) is 6.13. The molecular weight excluding hydrogens is 458 g/mol. The molecule has 4 aliphatic carbocycles. The van der Waals surface area contributed by atoms with Crippen LogP contribution < -0.4 is 16.0 Å². The molecule has 6 rings (SSSR count). The highest BCUT2D eigenvalue weighted by atomic mass is 32.2. The Balaban J connectivity index is 1.11. The van der Waals surface area contributed by atoms with Gasteiger partial charge in [-0.3, -0.25) is 14.4 Å². The van der Waals surface area contributed by atoms with Gasteiger partial charge in [-0.2, -0.15) is 0 Å². The number of nitrogens with zero attached hydrogens (tertiary/aromatic N) is 2. The third-order valence-corrected chi connectivity index (χ3v) is 8.93. The quantitative estimate of drug-likeness (QED) is 0.396. The molecule has 0 unspecified atom stereocenters. The summed E-state index contributed by atoms with van der Waals surface area (Å²) in [6, 6.07) is 6.93. The summed E-state index contributed by atoms with van der Waals surface area (Å²) in [5.41, 5.74) is 1.10. The number of aromatic nitrogens is 2. The zero-order valence-electron chi connectivity index (χ0n) is 18.4. The van der Waals surface area contributed by atoms with Crippen LogP contribution in [0.4, 0.5) is 16.5 Å². The van der Waals surface area contributed by atoms with Crippen LogP contribution in [0.1, 0.15) is 45.4 Å². The van der Waals surface area contributed by atoms with Crippen LogP contribution in [0.25, 0.3) is 0 Å². The van der Waals surface area contributed by atoms with Gasteiger partial charge in [0.2, 0.25) is 22.9 Å². The molecule has 3 N–H and O–H groups in total. The Morgan fingerprint density at radius 2 is 1.52 bits per heavy atom. The molecule has 8 nitrogen and oxygen atoms in total. The molecule has 3 amide bonds. The smallest absolute Gasteiger partial charge is 0.234 e. The van der Waals surface area contributed by atoms with Gasteiger partial charge >= 0.3 is 0 Å². The molecule has 1 heterocycles. The van der Waals surface area contributed by atoms with E-state index < -0.39 is 0 Å². The Hall–Kier alpha value is -2.46. The van der Waals surface area contributed by atoms with E-state index in [0.29, 0.717) is 38.6 Å². The van der Waals surface area contributed by atoms with Crippen LogP contribution in [0.3, 0.4) is 0 Å². The fraction of sp³-hybridized carbons (Fsp3) is 0.522. The van der Waals surface area contributed by atoms with E-state index in [9.17, 15) is 14.4 Å². The lowest BCUT2D eigenvalue weighted by molar-refractivity contribution is -0.140. The van der Waals surface area contributed by atoms with E-state index in [1.807, 2.05) is 0 Å². The number of anilines is 3. The number of carbonyl (C=O) groups excluding carboxylic acids is 3. The second-order valence-corrected chi connectivity index (χ2v) is 11.8. The van der Waals surface area contributed by atoms with Gasteiger partial charge in [0.1, 0.15) is 0 Å². The molecule has 10 heteroatoms. The Morgan fingerprint density at radius 3 is 2.09 bits per heavy atom. The summed E-state index contributed by atoms with van der Waals surface area (Å²) in [5, 5.41) is 17.3. The van der Waals surface area contributed by atoms with Crippen LogP contribution in [0.15, 0.2) is 28.6 Å². The van der Waals surface area contributed by atoms with Crippen LogP contribution >= 0.6 is 23.1 Å². The van der Waals surface area contributed by atoms with Gasteiger partial charge in [-0.15, -0.1) is 10.2 Å². The number of benzene rings is 1. The minimum absolute atomic E-state index is 0.106. The van der Waals surface area contributed by atoms with E-state index >= 15 is 0 Å². The van der Waals surface area contributed by atoms with Crippen LogP contribution in [-0.2, 0) is 14.4 Å². The van der Waals surface area contributed by atoms with Gasteiger partial charge in [0, 0.05) is 18.3 Å². The van der Waals surface area contributed by atoms with Crippen molar-refractivity contribution in [1.29, 1.82) is 0 Å². The van der Waals surface area contributed by atoms with Gasteiger partial charge in [0.15, 0.2) is 4.34 Å². The zero-order chi connectivity index (χ0) is 23.0. The first-order valence-corrected chi connectivity index (χ1v) is 13.1. The Labute approximate surface area is 200 Å². The van der Waals surface area contributed by atoms with Crippen molar-refractivity contribution in [3.63, 3.8) is 0 Å². The zero-order valence-corrected chi connectivity index (χ0v) is 20.1. The minimum Gasteiger partial charge on any atom is -0.326 e. The summed E-state index contributed by atoms with van der Waals surface area (Å²) in [4.78, 5) is 36.5. The normalized spacial score (nSPS) is 27.2. The lowest BCUT2D eigenvalue weighted by Crippen LogP contribution is -2.51. The standard InChI is InChI=1S/C23H27N5O3S2/c1-13(29)24-17-2-4-18(5-3-17)25-19(30)12-32-22-28-27-21(33-22)26-20(31)23-9-14-6-15(10-23)8-16(7-14)11-23/h2-5,14-16H,6-12H2,1H3,(H,24,29)(H,25,30)(H,26,27,31). The average Bonchev–Trinajstić information content (AvgIpc) is 3.20. The molecule has 2 aromatic rings. The molecule has 4 aliphatic rings. The molecular formula is C23H27N5O3S2. The summed E-state index contributed by atoms with van der Waals surface area (Å²) >= 11 is 2.60. The maximum atomic E-state index is 13.2. The second kappa shape index (κ2) is 9.06. The minimum atomic E-state index is -0.219. The molecule has 4 saturated carbocycles. The third-order valence-electron chi connectivity index (χ3n) is 6.96. The van der Waals surface area contributed by atoms with Crippen molar-refractivity contribution in [2.24, 2.45) is 23.2 Å². The monoisotopic (exact) mass is 485 g/mol. The average molecular weight is 486 g/mol. The van der Waals surface area contributed by atoms with Gasteiger partial charge in [-0.05, 0) is 80.5 Å². The predicted octanol–water partition coefficient (Wildman–Crippen LogP) is 4.38. The van der Waals surface area contributed by atoms with E-state index in [0.717, 1.165) is 19.3 Å². The van der Waals surface area contributed by atoms with Crippen molar-refractivity contribution in [2.45, 2.75) is 49.8 Å². The fourth-order valence-electron chi connectivity index (χ4n) is 6.10. The molecule has 0 spiro atoms. The SMILES string of the molecule is CC(=O)Nc1ccc(NC(=O)CSc2nnc(NC(=O)C34CC5CC(CC(C5)C3)C4)s2)cc1. The highest BCUT2D eigenvalue weighted by Gasteiger charge is 2.54. The molecule has 4 fully saturated rings. The van der Waals surface area contributed by atoms with Crippen molar-refractivity contribution in [2.75, 3.05) is 21.7 Å². The number of hydrogen-bond acceptors (Lipinski definition) is 7. The van der Waals surface area contributed by atoms with Crippen molar-refractivity contribution in [3.8, 4) is 0 Å². The van der Waals surface area contributed by atoms with Gasteiger partial charge in [0.25, 0.3) is 0 Å². The molecule has 33 heavy (non-hydrogen) atoms. The van der Waals surface area contributed by atoms with Crippen molar-refractivity contribution < 1.29 is 14.4 Å². The fourth-order valence-corrected chi connectivity index (χ4v) is 7.65. The first kappa shape index (κ1) is 22.3. The van der Waals surface area contributed by atoms with Crippen LogP contribution in [0.2, 0.25) is 0 Å². The lowest BCUT2D eigenvalue weighted by Gasteiger charge is -2.55. The van der Waals surface area contributed by atoms with E-state index in [2.05, 4.69) is 26.1 Å². The molecule has 0 atom stereocenters. The lowest BCUT2D eigenvalue weighted by atomic mass is 9.49. The number of hydrogen-bond donors (Lipinski definition) is 3. The maximum Gasteiger partial charge on any atom is 0.234 e. The molecule has 0 radical (unpaired) electrons. The van der Waals surface area contributed by atoms with Crippen LogP contribution in [0, 0.1) is 23.2 Å². The second-order valence-electron chi connectivity index (χ2n) is 9.62. The molecule has 174 valence electrons. The summed E-state index contributed by atoms with van der Waals surface area (Å²) in [6.07, 6.45) is 6.93. The largest absolute Gasteiger partial charge is 0.326 e. The summed E-state index contributed by atoms with van der Waals surface area (Å²) in [6.45, 7) is 1.44. The van der Waals surface area contributed by atoms with Crippen LogP contribution in [0.5, 0.6) is 0 Å². The van der Waals surface area contributed by atoms with E-state index in [4.69, 9.17) is 0 Å². The highest BCUT2D eigenvalue weighted by Crippen LogP contribution is 2.60. The van der Waals surface area contributed by atoms with Crippen LogP contribution in [-0.4, -0.2) is 33.7 Å². The number of carbonyl (C=O) groups is 3. The molecule has 4 bridgehead atoms. The molecule has 1 aromatic carbocycles. The maximum absolute atomic E-state index is 13.2. The topological polar surface area (TPSA) is 113 Å². The Bertz CT molecular complexity index is 1030. The van der Waals surface area contributed by atoms with Crippen molar-refractivity contribution >= 4 is 57.3 Å². The van der Waals surface area contributed by atoms with E-state index in [1.165, 1.54) is 49.3 Å². The summed E-state index contributed by atoms with van der Waals surface area (Å²) < 4.78 is 0.645. The Morgan fingerprint density at radius 1 is 0.939 bits per heavy atom. The first-order chi connectivity index (χ1) is 15.9. The van der Waals surface area contributed by atoms with Gasteiger partial charge in [-0.1, -0.05) is 23.1 Å². The summed E-state index contributed by atoms with van der Waals surface area (Å²) in [7, 11) is 0. The number of amides is 3. The third kappa shape index (κ3) is 5.06. The van der Waals surface area contributed by atoms with E-state index in [1.54, 1.807) is 24.3 Å². The van der Waals surface area contributed by atoms with Gasteiger partial charge < -0.3 is 16.0 Å². The highest BCUT2D eigenvalue weighted by molar-refractivity contribution is 8.01. The first-order valence-electron chi connectivity index (χ1n) is 11.3. The molecule has 0 aliphatic heterocycles. The predicted molar refractivity (Wildman–Crippen MR) is 129 cm³/mol. The van der Waals surface area contributed by atoms with E-state index in [-0.39, 0.29) is 28.9 Å². The molecule has 0 saturated heterocycles. The van der Waals surface area contributed by atoms with Crippen molar-refractivity contribution in [3.05, 3.63) is 24.3 Å². The van der Waals surface area contributed by atoms with Crippen molar-refractivity contribution in [1.82, 2.24) is 10.2 Å². The van der Waals surface area contributed by atoms with Gasteiger partial charge in [0.05, 0.1) is 11.2 Å².